The Balaban J connectivity index is 1.82. The Kier molecular flexibility index (Phi) is 6.40. The molecule has 1 saturated heterocycles. The molecule has 0 aromatic heterocycles. The summed E-state index contributed by atoms with van der Waals surface area (Å²) in [6.07, 6.45) is 2.18. The number of hydrogen-bond acceptors (Lipinski definition) is 3. The molecule has 23 heavy (non-hydrogen) atoms. The first-order valence-corrected chi connectivity index (χ1v) is 8.17. The molecular weight excluding hydrogens is 294 g/mol. The van der Waals surface area contributed by atoms with Gasteiger partial charge in [-0.05, 0) is 44.0 Å². The highest BCUT2D eigenvalue weighted by Gasteiger charge is 2.23. The minimum atomic E-state index is -0.0822. The van der Waals surface area contributed by atoms with E-state index in [9.17, 15) is 9.59 Å². The van der Waals surface area contributed by atoms with Gasteiger partial charge in [-0.3, -0.25) is 9.59 Å². The van der Waals surface area contributed by atoms with Gasteiger partial charge in [0.1, 0.15) is 5.75 Å². The van der Waals surface area contributed by atoms with Crippen LogP contribution in [0.1, 0.15) is 19.8 Å². The van der Waals surface area contributed by atoms with Gasteiger partial charge in [0, 0.05) is 18.8 Å². The van der Waals surface area contributed by atoms with Crippen LogP contribution in [0.4, 0.5) is 5.69 Å². The molecule has 1 aromatic rings. The number of hydrogen-bond donors (Lipinski definition) is 2. The van der Waals surface area contributed by atoms with Crippen molar-refractivity contribution < 1.29 is 19.2 Å². The molecular formula is C17H26N3O3+. The van der Waals surface area contributed by atoms with E-state index >= 15 is 0 Å². The van der Waals surface area contributed by atoms with Crippen LogP contribution in [0.2, 0.25) is 0 Å². The molecule has 1 atom stereocenters. The van der Waals surface area contributed by atoms with Gasteiger partial charge in [-0.1, -0.05) is 0 Å². The Morgan fingerprint density at radius 2 is 1.83 bits per heavy atom. The van der Waals surface area contributed by atoms with Crippen molar-refractivity contribution in [2.45, 2.75) is 19.8 Å². The molecule has 2 N–H and O–H groups in total. The van der Waals surface area contributed by atoms with Crippen molar-refractivity contribution in [3.8, 4) is 5.75 Å². The molecule has 126 valence electrons. The van der Waals surface area contributed by atoms with E-state index in [0.29, 0.717) is 13.1 Å². The van der Waals surface area contributed by atoms with Crippen LogP contribution >= 0.6 is 0 Å². The number of likely N-dealkylation sites (N-methyl/N-ethyl adjacent to an activating group) is 1. The zero-order valence-corrected chi connectivity index (χ0v) is 13.9. The Labute approximate surface area is 137 Å². The Morgan fingerprint density at radius 3 is 2.39 bits per heavy atom. The molecule has 0 aliphatic carbocycles. The van der Waals surface area contributed by atoms with Crippen molar-refractivity contribution in [3.63, 3.8) is 0 Å². The second-order valence-corrected chi connectivity index (χ2v) is 5.82. The molecule has 1 aliphatic heterocycles. The van der Waals surface area contributed by atoms with Gasteiger partial charge in [0.05, 0.1) is 13.7 Å². The maximum Gasteiger partial charge on any atom is 0.279 e. The first-order chi connectivity index (χ1) is 11.1. The molecule has 6 nitrogen and oxygen atoms in total. The maximum absolute atomic E-state index is 12.2. The standard InChI is InChI=1S/C17H25N3O3/c1-3-19(13-17(22)20-10-4-5-11-20)12-16(21)18-14-6-8-15(23-2)9-7-14/h6-9H,3-5,10-13H2,1-2H3,(H,18,21)/p+1. The third-order valence-corrected chi connectivity index (χ3v) is 4.14. The quantitative estimate of drug-likeness (QED) is 0.752. The first kappa shape index (κ1) is 17.3. The molecule has 1 aliphatic rings. The highest BCUT2D eigenvalue weighted by Crippen LogP contribution is 2.14. The lowest BCUT2D eigenvalue weighted by Gasteiger charge is -2.20. The van der Waals surface area contributed by atoms with Gasteiger partial charge in [-0.2, -0.15) is 0 Å². The van der Waals surface area contributed by atoms with Crippen molar-refractivity contribution in [1.82, 2.24) is 4.90 Å². The summed E-state index contributed by atoms with van der Waals surface area (Å²) in [6.45, 7) is 5.12. The highest BCUT2D eigenvalue weighted by atomic mass is 16.5. The summed E-state index contributed by atoms with van der Waals surface area (Å²) in [5.41, 5.74) is 0.733. The average Bonchev–Trinajstić information content (AvgIpc) is 3.09. The molecule has 0 saturated carbocycles. The van der Waals surface area contributed by atoms with Gasteiger partial charge in [-0.25, -0.2) is 0 Å². The fourth-order valence-corrected chi connectivity index (χ4v) is 2.71. The van der Waals surface area contributed by atoms with Gasteiger partial charge < -0.3 is 19.9 Å². The molecule has 1 heterocycles. The van der Waals surface area contributed by atoms with Crippen LogP contribution in [0.3, 0.4) is 0 Å². The second kappa shape index (κ2) is 8.53. The summed E-state index contributed by atoms with van der Waals surface area (Å²) in [7, 11) is 1.60. The number of carbonyl (C=O) groups excluding carboxylic acids is 2. The van der Waals surface area contributed by atoms with E-state index in [2.05, 4.69) is 5.32 Å². The number of likely N-dealkylation sites (tertiary alicyclic amines) is 1. The highest BCUT2D eigenvalue weighted by molar-refractivity contribution is 5.91. The van der Waals surface area contributed by atoms with E-state index in [1.807, 2.05) is 11.8 Å². The number of anilines is 1. The zero-order valence-electron chi connectivity index (χ0n) is 13.9. The van der Waals surface area contributed by atoms with Crippen LogP contribution in [-0.2, 0) is 9.59 Å². The number of amides is 2. The van der Waals surface area contributed by atoms with Crippen molar-refractivity contribution >= 4 is 17.5 Å². The third kappa shape index (κ3) is 5.25. The van der Waals surface area contributed by atoms with Crippen LogP contribution in [0.25, 0.3) is 0 Å². The van der Waals surface area contributed by atoms with Crippen molar-refractivity contribution in [2.75, 3.05) is 45.2 Å². The number of methoxy groups -OCH3 is 1. The molecule has 1 aromatic carbocycles. The summed E-state index contributed by atoms with van der Waals surface area (Å²) in [4.78, 5) is 27.2. The molecule has 1 unspecified atom stereocenters. The monoisotopic (exact) mass is 320 g/mol. The van der Waals surface area contributed by atoms with E-state index in [0.717, 1.165) is 48.8 Å². The summed E-state index contributed by atoms with van der Waals surface area (Å²) in [5.74, 6) is 0.817. The summed E-state index contributed by atoms with van der Waals surface area (Å²) < 4.78 is 5.09. The predicted octanol–water partition coefficient (Wildman–Crippen LogP) is 0.161. The minimum Gasteiger partial charge on any atom is -0.497 e. The van der Waals surface area contributed by atoms with E-state index in [1.54, 1.807) is 31.4 Å². The first-order valence-electron chi connectivity index (χ1n) is 8.17. The molecule has 1 fully saturated rings. The Morgan fingerprint density at radius 1 is 1.17 bits per heavy atom. The number of benzene rings is 1. The number of rotatable bonds is 7. The lowest BCUT2D eigenvalue weighted by atomic mass is 10.3. The molecule has 2 amide bonds. The molecule has 2 rings (SSSR count). The summed E-state index contributed by atoms with van der Waals surface area (Å²) >= 11 is 0. The fourth-order valence-electron chi connectivity index (χ4n) is 2.71. The van der Waals surface area contributed by atoms with Crippen LogP contribution in [-0.4, -0.2) is 56.5 Å². The van der Waals surface area contributed by atoms with Gasteiger partial charge in [-0.15, -0.1) is 0 Å². The van der Waals surface area contributed by atoms with Crippen LogP contribution in [0, 0.1) is 0 Å². The van der Waals surface area contributed by atoms with Gasteiger partial charge in [0.15, 0.2) is 13.1 Å². The lowest BCUT2D eigenvalue weighted by Crippen LogP contribution is -3.13. The predicted molar refractivity (Wildman–Crippen MR) is 88.7 cm³/mol. The number of nitrogens with zero attached hydrogens (tertiary/aromatic N) is 1. The minimum absolute atomic E-state index is 0.0822. The van der Waals surface area contributed by atoms with E-state index in [4.69, 9.17) is 4.74 Å². The smallest absolute Gasteiger partial charge is 0.279 e. The van der Waals surface area contributed by atoms with Gasteiger partial charge >= 0.3 is 0 Å². The Hall–Kier alpha value is -2.08. The van der Waals surface area contributed by atoms with Crippen LogP contribution in [0.5, 0.6) is 5.75 Å². The number of carbonyl (C=O) groups is 2. The molecule has 6 heteroatoms. The van der Waals surface area contributed by atoms with E-state index in [-0.39, 0.29) is 11.8 Å². The van der Waals surface area contributed by atoms with Crippen LogP contribution < -0.4 is 15.0 Å². The van der Waals surface area contributed by atoms with Crippen molar-refractivity contribution in [2.24, 2.45) is 0 Å². The third-order valence-electron chi connectivity index (χ3n) is 4.14. The van der Waals surface area contributed by atoms with Crippen molar-refractivity contribution in [3.05, 3.63) is 24.3 Å². The number of ether oxygens (including phenoxy) is 1. The topological polar surface area (TPSA) is 63.1 Å². The van der Waals surface area contributed by atoms with E-state index < -0.39 is 0 Å². The molecule has 0 bridgehead atoms. The molecule has 0 radical (unpaired) electrons. The second-order valence-electron chi connectivity index (χ2n) is 5.82. The summed E-state index contributed by atoms with van der Waals surface area (Å²) in [6, 6.07) is 7.21. The maximum atomic E-state index is 12.2. The normalized spacial score (nSPS) is 15.3. The van der Waals surface area contributed by atoms with Gasteiger partial charge in [0.25, 0.3) is 11.8 Å². The average molecular weight is 320 g/mol. The van der Waals surface area contributed by atoms with Crippen LogP contribution in [0.15, 0.2) is 24.3 Å². The summed E-state index contributed by atoms with van der Waals surface area (Å²) in [5, 5.41) is 2.86. The van der Waals surface area contributed by atoms with Crippen molar-refractivity contribution in [1.29, 1.82) is 0 Å². The molecule has 0 spiro atoms. The number of quaternary nitrogens is 1. The van der Waals surface area contributed by atoms with E-state index in [1.165, 1.54) is 0 Å². The zero-order chi connectivity index (χ0) is 16.7. The Bertz CT molecular complexity index is 524. The number of nitrogens with one attached hydrogen (secondary N) is 2. The lowest BCUT2D eigenvalue weighted by molar-refractivity contribution is -0.882. The largest absolute Gasteiger partial charge is 0.497 e. The van der Waals surface area contributed by atoms with Gasteiger partial charge in [0.2, 0.25) is 0 Å². The SMILES string of the molecule is CC[NH+](CC(=O)Nc1ccc(OC)cc1)CC(=O)N1CCCC1. The fraction of sp³-hybridized carbons (Fsp3) is 0.529.